The summed E-state index contributed by atoms with van der Waals surface area (Å²) in [5.41, 5.74) is 0.00403. The van der Waals surface area contributed by atoms with E-state index >= 15 is 0 Å². The molecule has 1 aliphatic heterocycles. The van der Waals surface area contributed by atoms with Crippen LogP contribution in [0.3, 0.4) is 0 Å². The molecular formula is C11H19NO. The van der Waals surface area contributed by atoms with Gasteiger partial charge < -0.3 is 4.90 Å². The van der Waals surface area contributed by atoms with E-state index in [1.165, 1.54) is 6.42 Å². The van der Waals surface area contributed by atoms with Gasteiger partial charge in [0, 0.05) is 18.5 Å². The highest BCUT2D eigenvalue weighted by Gasteiger charge is 2.54. The minimum atomic E-state index is 0.00403. The third-order valence-electron chi connectivity index (χ3n) is 3.86. The summed E-state index contributed by atoms with van der Waals surface area (Å²) in [7, 11) is 0. The fourth-order valence-corrected chi connectivity index (χ4v) is 2.36. The lowest BCUT2D eigenvalue weighted by molar-refractivity contribution is -0.135. The Balaban J connectivity index is 1.99. The monoisotopic (exact) mass is 181 g/mol. The number of carbonyl (C=O) groups is 1. The molecule has 2 fully saturated rings. The molecule has 0 aromatic heterocycles. The summed E-state index contributed by atoms with van der Waals surface area (Å²) >= 11 is 0. The molecule has 2 nitrogen and oxygen atoms in total. The third-order valence-corrected chi connectivity index (χ3v) is 3.86. The maximum Gasteiger partial charge on any atom is 0.228 e. The minimum Gasteiger partial charge on any atom is -0.342 e. The van der Waals surface area contributed by atoms with Gasteiger partial charge in [0.05, 0.1) is 0 Å². The number of hydrogen-bond acceptors (Lipinski definition) is 1. The van der Waals surface area contributed by atoms with Gasteiger partial charge >= 0.3 is 0 Å². The van der Waals surface area contributed by atoms with Gasteiger partial charge in [-0.25, -0.2) is 0 Å². The van der Waals surface area contributed by atoms with Crippen LogP contribution in [0.1, 0.15) is 33.6 Å². The zero-order chi connectivity index (χ0) is 9.64. The Hall–Kier alpha value is -0.530. The predicted octanol–water partition coefficient (Wildman–Crippen LogP) is 1.90. The molecule has 1 saturated heterocycles. The van der Waals surface area contributed by atoms with Crippen molar-refractivity contribution in [3.8, 4) is 0 Å². The van der Waals surface area contributed by atoms with Crippen molar-refractivity contribution < 1.29 is 4.79 Å². The molecule has 0 aromatic carbocycles. The van der Waals surface area contributed by atoms with E-state index in [2.05, 4.69) is 25.7 Å². The smallest absolute Gasteiger partial charge is 0.228 e. The summed E-state index contributed by atoms with van der Waals surface area (Å²) < 4.78 is 0. The van der Waals surface area contributed by atoms with Crippen LogP contribution in [0.4, 0.5) is 0 Å². The molecule has 13 heavy (non-hydrogen) atoms. The van der Waals surface area contributed by atoms with E-state index < -0.39 is 0 Å². The summed E-state index contributed by atoms with van der Waals surface area (Å²) in [4.78, 5) is 14.1. The molecule has 3 unspecified atom stereocenters. The number of nitrogens with zero attached hydrogens (tertiary/aromatic N) is 1. The molecule has 1 amide bonds. The molecule has 1 heterocycles. The second kappa shape index (κ2) is 2.73. The molecule has 2 aliphatic rings. The Kier molecular flexibility index (Phi) is 1.90. The van der Waals surface area contributed by atoms with Crippen LogP contribution in [0.15, 0.2) is 0 Å². The van der Waals surface area contributed by atoms with E-state index in [0.717, 1.165) is 19.5 Å². The molecule has 0 bridgehead atoms. The molecule has 0 radical (unpaired) electrons. The summed E-state index contributed by atoms with van der Waals surface area (Å²) in [6, 6.07) is 0. The highest BCUT2D eigenvalue weighted by Crippen LogP contribution is 2.53. The average Bonchev–Trinajstić information content (AvgIpc) is 2.51. The normalized spacial score (nSPS) is 43.8. The van der Waals surface area contributed by atoms with Crippen molar-refractivity contribution in [2.24, 2.45) is 17.3 Å². The number of carbonyl (C=O) groups excluding carboxylic acids is 1. The van der Waals surface area contributed by atoms with Gasteiger partial charge in [-0.1, -0.05) is 20.8 Å². The van der Waals surface area contributed by atoms with Crippen LogP contribution in [-0.2, 0) is 4.79 Å². The van der Waals surface area contributed by atoms with Crippen molar-refractivity contribution in [2.75, 3.05) is 13.1 Å². The van der Waals surface area contributed by atoms with Gasteiger partial charge in [0.15, 0.2) is 0 Å². The van der Waals surface area contributed by atoms with Crippen LogP contribution >= 0.6 is 0 Å². The van der Waals surface area contributed by atoms with Gasteiger partial charge in [0.2, 0.25) is 5.91 Å². The van der Waals surface area contributed by atoms with Crippen molar-refractivity contribution in [1.82, 2.24) is 4.90 Å². The van der Waals surface area contributed by atoms with Crippen LogP contribution in [0.5, 0.6) is 0 Å². The summed E-state index contributed by atoms with van der Waals surface area (Å²) in [5.74, 6) is 1.72. The van der Waals surface area contributed by atoms with E-state index in [1.54, 1.807) is 0 Å². The Labute approximate surface area is 80.3 Å². The zero-order valence-corrected chi connectivity index (χ0v) is 8.84. The topological polar surface area (TPSA) is 20.3 Å². The Morgan fingerprint density at radius 2 is 2.08 bits per heavy atom. The molecular weight excluding hydrogens is 162 g/mol. The van der Waals surface area contributed by atoms with Gasteiger partial charge in [-0.3, -0.25) is 4.79 Å². The SMILES string of the molecule is CC1CCN(C(=O)C2(C)CC2C)C1. The molecule has 0 N–H and O–H groups in total. The van der Waals surface area contributed by atoms with Crippen LogP contribution in [0, 0.1) is 17.3 Å². The lowest BCUT2D eigenvalue weighted by atomic mass is 10.1. The first-order valence-corrected chi connectivity index (χ1v) is 5.33. The highest BCUT2D eigenvalue weighted by atomic mass is 16.2. The molecule has 2 heteroatoms. The summed E-state index contributed by atoms with van der Waals surface area (Å²) in [6.45, 7) is 8.50. The van der Waals surface area contributed by atoms with E-state index in [-0.39, 0.29) is 5.41 Å². The molecule has 0 aromatic rings. The molecule has 74 valence electrons. The van der Waals surface area contributed by atoms with E-state index in [9.17, 15) is 4.79 Å². The molecule has 3 atom stereocenters. The highest BCUT2D eigenvalue weighted by molar-refractivity contribution is 5.85. The Morgan fingerprint density at radius 3 is 2.46 bits per heavy atom. The fourth-order valence-electron chi connectivity index (χ4n) is 2.36. The fraction of sp³-hybridized carbons (Fsp3) is 0.909. The third kappa shape index (κ3) is 1.36. The summed E-state index contributed by atoms with van der Waals surface area (Å²) in [5, 5.41) is 0. The predicted molar refractivity (Wildman–Crippen MR) is 52.2 cm³/mol. The number of amides is 1. The van der Waals surface area contributed by atoms with E-state index in [1.807, 2.05) is 0 Å². The molecule has 0 spiro atoms. The van der Waals surface area contributed by atoms with Crippen LogP contribution < -0.4 is 0 Å². The first kappa shape index (κ1) is 9.04. The Morgan fingerprint density at radius 1 is 1.46 bits per heavy atom. The summed E-state index contributed by atoms with van der Waals surface area (Å²) in [6.07, 6.45) is 2.28. The van der Waals surface area contributed by atoms with Crippen LogP contribution in [0.2, 0.25) is 0 Å². The lowest BCUT2D eigenvalue weighted by Gasteiger charge is -2.20. The van der Waals surface area contributed by atoms with Crippen molar-refractivity contribution in [3.05, 3.63) is 0 Å². The van der Waals surface area contributed by atoms with Gasteiger partial charge in [-0.15, -0.1) is 0 Å². The van der Waals surface area contributed by atoms with Gasteiger partial charge in [0.25, 0.3) is 0 Å². The minimum absolute atomic E-state index is 0.00403. The second-order valence-corrected chi connectivity index (χ2v) is 5.17. The molecule has 1 aliphatic carbocycles. The standard InChI is InChI=1S/C11H19NO/c1-8-4-5-12(7-8)10(13)11(3)6-9(11)2/h8-9H,4-7H2,1-3H3. The number of rotatable bonds is 1. The maximum absolute atomic E-state index is 12.0. The molecule has 2 rings (SSSR count). The van der Waals surface area contributed by atoms with Crippen LogP contribution in [-0.4, -0.2) is 23.9 Å². The number of hydrogen-bond donors (Lipinski definition) is 0. The molecule has 1 saturated carbocycles. The zero-order valence-electron chi connectivity index (χ0n) is 8.84. The Bertz CT molecular complexity index is 238. The van der Waals surface area contributed by atoms with Crippen LogP contribution in [0.25, 0.3) is 0 Å². The van der Waals surface area contributed by atoms with Gasteiger partial charge in [0.1, 0.15) is 0 Å². The maximum atomic E-state index is 12.0. The van der Waals surface area contributed by atoms with E-state index in [0.29, 0.717) is 17.7 Å². The quantitative estimate of drug-likeness (QED) is 0.605. The van der Waals surface area contributed by atoms with Crippen molar-refractivity contribution in [1.29, 1.82) is 0 Å². The van der Waals surface area contributed by atoms with E-state index in [4.69, 9.17) is 0 Å². The van der Waals surface area contributed by atoms with Crippen molar-refractivity contribution >= 4 is 5.91 Å². The largest absolute Gasteiger partial charge is 0.342 e. The average molecular weight is 181 g/mol. The van der Waals surface area contributed by atoms with Crippen molar-refractivity contribution in [3.63, 3.8) is 0 Å². The number of likely N-dealkylation sites (tertiary alicyclic amines) is 1. The van der Waals surface area contributed by atoms with Gasteiger partial charge in [-0.2, -0.15) is 0 Å². The van der Waals surface area contributed by atoms with Gasteiger partial charge in [-0.05, 0) is 24.7 Å². The first-order valence-electron chi connectivity index (χ1n) is 5.33. The first-order chi connectivity index (χ1) is 6.04. The lowest BCUT2D eigenvalue weighted by Crippen LogP contribution is -2.34. The van der Waals surface area contributed by atoms with Crippen molar-refractivity contribution in [2.45, 2.75) is 33.6 Å². The second-order valence-electron chi connectivity index (χ2n) is 5.17.